The number of nitrogens with one attached hydrogen (secondary N) is 3. The van der Waals surface area contributed by atoms with Gasteiger partial charge in [-0.2, -0.15) is 0 Å². The molecule has 0 aromatic heterocycles. The molecule has 8 heteroatoms. The van der Waals surface area contributed by atoms with Crippen molar-refractivity contribution in [3.8, 4) is 0 Å². The lowest BCUT2D eigenvalue weighted by Crippen LogP contribution is -2.47. The first kappa shape index (κ1) is 20.9. The maximum absolute atomic E-state index is 12.8. The molecule has 0 spiro atoms. The van der Waals surface area contributed by atoms with Crippen LogP contribution in [0.4, 0.5) is 11.4 Å². The second kappa shape index (κ2) is 9.61. The van der Waals surface area contributed by atoms with Crippen molar-refractivity contribution in [3.63, 3.8) is 0 Å². The number of amides is 2. The average molecular weight is 421 g/mol. The molecular weight excluding hydrogens is 392 g/mol. The average Bonchev–Trinajstić information content (AvgIpc) is 2.80. The molecule has 2 aliphatic rings. The van der Waals surface area contributed by atoms with Crippen LogP contribution in [0.3, 0.4) is 0 Å². The molecule has 4 rings (SSSR count). The highest BCUT2D eigenvalue weighted by molar-refractivity contribution is 6.06. The van der Waals surface area contributed by atoms with Gasteiger partial charge in [0.15, 0.2) is 5.96 Å². The van der Waals surface area contributed by atoms with E-state index in [0.29, 0.717) is 17.1 Å². The van der Waals surface area contributed by atoms with E-state index in [1.165, 1.54) is 0 Å². The second-order valence-electron chi connectivity index (χ2n) is 7.84. The van der Waals surface area contributed by atoms with Crippen LogP contribution in [0.15, 0.2) is 53.5 Å². The minimum Gasteiger partial charge on any atom is -0.356 e. The molecule has 0 aliphatic carbocycles. The van der Waals surface area contributed by atoms with Gasteiger partial charge in [0.1, 0.15) is 0 Å². The van der Waals surface area contributed by atoms with Crippen LogP contribution in [0.25, 0.3) is 0 Å². The summed E-state index contributed by atoms with van der Waals surface area (Å²) < 4.78 is 0. The number of likely N-dealkylation sites (N-methyl/N-ethyl adjacent to an activating group) is 1. The summed E-state index contributed by atoms with van der Waals surface area (Å²) in [7, 11) is 2.07. The summed E-state index contributed by atoms with van der Waals surface area (Å²) in [5.41, 5.74) is 2.90. The molecule has 1 fully saturated rings. The minimum absolute atomic E-state index is 0.0583. The van der Waals surface area contributed by atoms with E-state index < -0.39 is 0 Å². The Hall–Kier alpha value is -3.39. The molecule has 1 saturated heterocycles. The molecule has 0 radical (unpaired) electrons. The van der Waals surface area contributed by atoms with E-state index in [2.05, 4.69) is 32.9 Å². The standard InChI is InChI=1S/C23H28N6O2/c1-28-12-14-29(15-13-28)22(31)18-4-2-5-20(16-18)26-19-8-6-17(7-9-19)21(30)27-23-24-10-3-11-25-23/h2,4-9,16,26H,3,10-15H2,1H3,(H2,24,25,27,30). The third-order valence-corrected chi connectivity index (χ3v) is 5.46. The topological polar surface area (TPSA) is 89.1 Å². The summed E-state index contributed by atoms with van der Waals surface area (Å²) in [6.45, 7) is 4.83. The number of nitrogens with zero attached hydrogens (tertiary/aromatic N) is 3. The number of hydrogen-bond acceptors (Lipinski definition) is 6. The first-order valence-electron chi connectivity index (χ1n) is 10.6. The van der Waals surface area contributed by atoms with Gasteiger partial charge < -0.3 is 20.4 Å². The fourth-order valence-electron chi connectivity index (χ4n) is 3.59. The molecule has 3 N–H and O–H groups in total. The zero-order valence-corrected chi connectivity index (χ0v) is 17.7. The highest BCUT2D eigenvalue weighted by Gasteiger charge is 2.20. The quantitative estimate of drug-likeness (QED) is 0.703. The van der Waals surface area contributed by atoms with Crippen LogP contribution in [0.2, 0.25) is 0 Å². The van der Waals surface area contributed by atoms with Gasteiger partial charge in [-0.1, -0.05) is 6.07 Å². The van der Waals surface area contributed by atoms with Gasteiger partial charge in [0.25, 0.3) is 11.8 Å². The van der Waals surface area contributed by atoms with E-state index in [1.807, 2.05) is 41.3 Å². The van der Waals surface area contributed by atoms with Gasteiger partial charge in [-0.3, -0.25) is 19.9 Å². The van der Waals surface area contributed by atoms with Crippen molar-refractivity contribution in [1.82, 2.24) is 20.4 Å². The Morgan fingerprint density at radius 3 is 2.45 bits per heavy atom. The number of hydrogen-bond donors (Lipinski definition) is 3. The third-order valence-electron chi connectivity index (χ3n) is 5.46. The van der Waals surface area contributed by atoms with Crippen molar-refractivity contribution in [2.75, 3.05) is 51.6 Å². The van der Waals surface area contributed by atoms with E-state index in [1.54, 1.807) is 12.1 Å². The number of carbonyl (C=O) groups excluding carboxylic acids is 2. The molecule has 162 valence electrons. The van der Waals surface area contributed by atoms with E-state index in [-0.39, 0.29) is 11.8 Å². The maximum Gasteiger partial charge on any atom is 0.257 e. The summed E-state index contributed by atoms with van der Waals surface area (Å²) in [4.78, 5) is 33.6. The number of anilines is 2. The van der Waals surface area contributed by atoms with Gasteiger partial charge in [-0.25, -0.2) is 0 Å². The number of rotatable bonds is 4. The van der Waals surface area contributed by atoms with Gasteiger partial charge in [0.05, 0.1) is 0 Å². The molecule has 0 unspecified atom stereocenters. The Bertz CT molecular complexity index is 964. The summed E-state index contributed by atoms with van der Waals surface area (Å²) in [6, 6.07) is 14.7. The predicted molar refractivity (Wildman–Crippen MR) is 122 cm³/mol. The van der Waals surface area contributed by atoms with Crippen molar-refractivity contribution in [3.05, 3.63) is 59.7 Å². The lowest BCUT2D eigenvalue weighted by molar-refractivity contribution is 0.0664. The predicted octanol–water partition coefficient (Wildman–Crippen LogP) is 1.90. The van der Waals surface area contributed by atoms with Crippen LogP contribution in [0.5, 0.6) is 0 Å². The SMILES string of the molecule is CN1CCN(C(=O)c2cccc(Nc3ccc(C(=O)NC4=NCCCN4)cc3)c2)CC1. The zero-order valence-electron chi connectivity index (χ0n) is 17.7. The Labute approximate surface area is 182 Å². The molecule has 31 heavy (non-hydrogen) atoms. The Morgan fingerprint density at radius 1 is 0.968 bits per heavy atom. The molecule has 0 bridgehead atoms. The van der Waals surface area contributed by atoms with E-state index in [0.717, 1.165) is 57.1 Å². The minimum atomic E-state index is -0.195. The Morgan fingerprint density at radius 2 is 1.74 bits per heavy atom. The van der Waals surface area contributed by atoms with Gasteiger partial charge >= 0.3 is 0 Å². The molecule has 2 aromatic carbocycles. The summed E-state index contributed by atoms with van der Waals surface area (Å²) in [5, 5.41) is 9.18. The third kappa shape index (κ3) is 5.40. The lowest BCUT2D eigenvalue weighted by atomic mass is 10.1. The van der Waals surface area contributed by atoms with Crippen LogP contribution in [-0.2, 0) is 0 Å². The first-order chi connectivity index (χ1) is 15.1. The second-order valence-corrected chi connectivity index (χ2v) is 7.84. The fraction of sp³-hybridized carbons (Fsp3) is 0.348. The molecule has 2 aliphatic heterocycles. The van der Waals surface area contributed by atoms with Gasteiger partial charge in [0, 0.05) is 61.8 Å². The van der Waals surface area contributed by atoms with Crippen LogP contribution in [-0.4, -0.2) is 73.9 Å². The first-order valence-corrected chi connectivity index (χ1v) is 10.6. The van der Waals surface area contributed by atoms with Gasteiger partial charge in [-0.15, -0.1) is 0 Å². The number of guanidine groups is 1. The summed E-state index contributed by atoms with van der Waals surface area (Å²) in [6.07, 6.45) is 0.974. The van der Waals surface area contributed by atoms with Crippen LogP contribution < -0.4 is 16.0 Å². The molecule has 0 saturated carbocycles. The van der Waals surface area contributed by atoms with Crippen molar-refractivity contribution < 1.29 is 9.59 Å². The van der Waals surface area contributed by atoms with Crippen LogP contribution >= 0.6 is 0 Å². The molecule has 2 heterocycles. The number of aliphatic imine (C=N–C) groups is 1. The summed E-state index contributed by atoms with van der Waals surface area (Å²) >= 11 is 0. The van der Waals surface area contributed by atoms with Crippen molar-refractivity contribution >= 4 is 29.1 Å². The number of benzene rings is 2. The Kier molecular flexibility index (Phi) is 6.47. The van der Waals surface area contributed by atoms with Crippen molar-refractivity contribution in [1.29, 1.82) is 0 Å². The normalized spacial score (nSPS) is 16.8. The maximum atomic E-state index is 12.8. The van der Waals surface area contributed by atoms with Crippen LogP contribution in [0.1, 0.15) is 27.1 Å². The molecular formula is C23H28N6O2. The Balaban J connectivity index is 1.38. The highest BCUT2D eigenvalue weighted by Crippen LogP contribution is 2.20. The van der Waals surface area contributed by atoms with Gasteiger partial charge in [0.2, 0.25) is 0 Å². The van der Waals surface area contributed by atoms with E-state index >= 15 is 0 Å². The molecule has 2 aromatic rings. The smallest absolute Gasteiger partial charge is 0.257 e. The van der Waals surface area contributed by atoms with Crippen LogP contribution in [0, 0.1) is 0 Å². The van der Waals surface area contributed by atoms with Crippen molar-refractivity contribution in [2.45, 2.75) is 6.42 Å². The monoisotopic (exact) mass is 420 g/mol. The zero-order chi connectivity index (χ0) is 21.6. The fourth-order valence-corrected chi connectivity index (χ4v) is 3.59. The molecule has 0 atom stereocenters. The largest absolute Gasteiger partial charge is 0.356 e. The van der Waals surface area contributed by atoms with E-state index in [4.69, 9.17) is 0 Å². The molecule has 8 nitrogen and oxygen atoms in total. The summed E-state index contributed by atoms with van der Waals surface area (Å²) in [5.74, 6) is 0.391. The van der Waals surface area contributed by atoms with Gasteiger partial charge in [-0.05, 0) is 55.9 Å². The van der Waals surface area contributed by atoms with Crippen molar-refractivity contribution in [2.24, 2.45) is 4.99 Å². The number of carbonyl (C=O) groups is 2. The molecule has 2 amide bonds. The highest BCUT2D eigenvalue weighted by atomic mass is 16.2. The lowest BCUT2D eigenvalue weighted by Gasteiger charge is -2.32. The van der Waals surface area contributed by atoms with E-state index in [9.17, 15) is 9.59 Å². The number of piperazine rings is 1.